The monoisotopic (exact) mass is 271 g/mol. The number of aliphatic hydroxyl groups excluding tert-OH is 1. The smallest absolute Gasteiger partial charge is 0.240 e. The maximum absolute atomic E-state index is 12.0. The maximum atomic E-state index is 12.0. The fraction of sp³-hybridized carbons (Fsp3) is 0.538. The highest BCUT2D eigenvalue weighted by Crippen LogP contribution is 2.17. The molecular weight excluding hydrogens is 250 g/mol. The summed E-state index contributed by atoms with van der Waals surface area (Å²) in [7, 11) is -3.54. The molecule has 0 saturated heterocycles. The maximum Gasteiger partial charge on any atom is 0.240 e. The Balaban J connectivity index is 2.91. The van der Waals surface area contributed by atoms with Crippen LogP contribution in [0.5, 0.6) is 0 Å². The van der Waals surface area contributed by atoms with Crippen molar-refractivity contribution < 1.29 is 13.5 Å². The molecule has 0 radical (unpaired) electrons. The zero-order chi connectivity index (χ0) is 13.8. The summed E-state index contributed by atoms with van der Waals surface area (Å²) in [6.45, 7) is 5.74. The van der Waals surface area contributed by atoms with Gasteiger partial charge in [0.15, 0.2) is 0 Å². The summed E-state index contributed by atoms with van der Waals surface area (Å²) in [5, 5.41) is 9.03. The molecule has 0 aliphatic heterocycles. The minimum absolute atomic E-state index is 0.195. The first-order valence-corrected chi connectivity index (χ1v) is 7.62. The molecule has 1 unspecified atom stereocenters. The van der Waals surface area contributed by atoms with Gasteiger partial charge in [0, 0.05) is 6.04 Å². The molecule has 0 aliphatic rings. The SMILES string of the molecule is CCC(CO)NS(=O)(=O)c1ccc(C(C)C)cc1. The Morgan fingerprint density at radius 1 is 1.22 bits per heavy atom. The molecule has 0 spiro atoms. The number of benzene rings is 1. The lowest BCUT2D eigenvalue weighted by molar-refractivity contribution is 0.254. The Kier molecular flexibility index (Phi) is 5.31. The second kappa shape index (κ2) is 6.31. The van der Waals surface area contributed by atoms with Crippen molar-refractivity contribution in [3.8, 4) is 0 Å². The molecule has 0 aliphatic carbocycles. The van der Waals surface area contributed by atoms with E-state index < -0.39 is 16.1 Å². The standard InChI is InChI=1S/C13H21NO3S/c1-4-12(9-15)14-18(16,17)13-7-5-11(6-8-13)10(2)3/h5-8,10,12,14-15H,4,9H2,1-3H3. The lowest BCUT2D eigenvalue weighted by atomic mass is 10.0. The molecule has 18 heavy (non-hydrogen) atoms. The van der Waals surface area contributed by atoms with Crippen LogP contribution in [0.1, 0.15) is 38.7 Å². The third kappa shape index (κ3) is 3.80. The third-order valence-corrected chi connectivity index (χ3v) is 4.43. The van der Waals surface area contributed by atoms with Crippen molar-refractivity contribution in [2.75, 3.05) is 6.61 Å². The summed E-state index contributed by atoms with van der Waals surface area (Å²) in [5.74, 6) is 0.371. The Labute approximate surface area is 109 Å². The molecule has 102 valence electrons. The van der Waals surface area contributed by atoms with Gasteiger partial charge in [-0.1, -0.05) is 32.9 Å². The Hall–Kier alpha value is -0.910. The van der Waals surface area contributed by atoms with Crippen LogP contribution in [0.4, 0.5) is 0 Å². The summed E-state index contributed by atoms with van der Waals surface area (Å²) in [6.07, 6.45) is 0.555. The van der Waals surface area contributed by atoms with Gasteiger partial charge in [-0.25, -0.2) is 13.1 Å². The highest BCUT2D eigenvalue weighted by Gasteiger charge is 2.18. The highest BCUT2D eigenvalue weighted by molar-refractivity contribution is 7.89. The predicted octanol–water partition coefficient (Wildman–Crippen LogP) is 1.86. The lowest BCUT2D eigenvalue weighted by Gasteiger charge is -2.14. The molecular formula is C13H21NO3S. The van der Waals surface area contributed by atoms with Crippen molar-refractivity contribution in [1.82, 2.24) is 4.72 Å². The van der Waals surface area contributed by atoms with Gasteiger partial charge in [0.2, 0.25) is 10.0 Å². The Morgan fingerprint density at radius 2 is 1.78 bits per heavy atom. The van der Waals surface area contributed by atoms with E-state index in [-0.39, 0.29) is 11.5 Å². The average molecular weight is 271 g/mol. The van der Waals surface area contributed by atoms with Crippen molar-refractivity contribution in [2.24, 2.45) is 0 Å². The molecule has 5 heteroatoms. The van der Waals surface area contributed by atoms with Crippen LogP contribution in [-0.4, -0.2) is 26.2 Å². The first kappa shape index (κ1) is 15.1. The van der Waals surface area contributed by atoms with Crippen LogP contribution < -0.4 is 4.72 Å². The molecule has 4 nitrogen and oxygen atoms in total. The highest BCUT2D eigenvalue weighted by atomic mass is 32.2. The van der Waals surface area contributed by atoms with E-state index in [2.05, 4.69) is 18.6 Å². The van der Waals surface area contributed by atoms with Crippen molar-refractivity contribution in [2.45, 2.75) is 44.0 Å². The van der Waals surface area contributed by atoms with Crippen molar-refractivity contribution in [3.63, 3.8) is 0 Å². The summed E-state index contributed by atoms with van der Waals surface area (Å²) in [4.78, 5) is 0.235. The van der Waals surface area contributed by atoms with Gasteiger partial charge in [-0.15, -0.1) is 0 Å². The topological polar surface area (TPSA) is 66.4 Å². The van der Waals surface area contributed by atoms with E-state index in [1.165, 1.54) is 0 Å². The van der Waals surface area contributed by atoms with E-state index in [4.69, 9.17) is 5.11 Å². The van der Waals surface area contributed by atoms with Crippen molar-refractivity contribution >= 4 is 10.0 Å². The zero-order valence-corrected chi connectivity index (χ0v) is 11.9. The molecule has 0 aromatic heterocycles. The van der Waals surface area contributed by atoms with Gasteiger partial charge in [0.05, 0.1) is 11.5 Å². The number of rotatable bonds is 6. The molecule has 1 atom stereocenters. The van der Waals surface area contributed by atoms with E-state index in [1.807, 2.05) is 19.1 Å². The molecule has 1 rings (SSSR count). The molecule has 0 saturated carbocycles. The van der Waals surface area contributed by atoms with Gasteiger partial charge in [0.1, 0.15) is 0 Å². The molecule has 2 N–H and O–H groups in total. The van der Waals surface area contributed by atoms with Crippen LogP contribution in [-0.2, 0) is 10.0 Å². The molecule has 1 aromatic rings. The minimum Gasteiger partial charge on any atom is -0.395 e. The van der Waals surface area contributed by atoms with Gasteiger partial charge < -0.3 is 5.11 Å². The number of hydrogen-bond donors (Lipinski definition) is 2. The van der Waals surface area contributed by atoms with E-state index in [1.54, 1.807) is 12.1 Å². The van der Waals surface area contributed by atoms with Crippen LogP contribution in [0, 0.1) is 0 Å². The summed E-state index contributed by atoms with van der Waals surface area (Å²) in [5.41, 5.74) is 1.10. The van der Waals surface area contributed by atoms with E-state index in [0.717, 1.165) is 5.56 Å². The van der Waals surface area contributed by atoms with Gasteiger partial charge in [-0.2, -0.15) is 0 Å². The second-order valence-corrected chi connectivity index (χ2v) is 6.35. The molecule has 0 heterocycles. The molecule has 0 fully saturated rings. The Morgan fingerprint density at radius 3 is 2.17 bits per heavy atom. The van der Waals surface area contributed by atoms with Gasteiger partial charge in [-0.05, 0) is 30.0 Å². The van der Waals surface area contributed by atoms with Gasteiger partial charge in [0.25, 0.3) is 0 Å². The van der Waals surface area contributed by atoms with Crippen LogP contribution in [0.15, 0.2) is 29.2 Å². The number of nitrogens with one attached hydrogen (secondary N) is 1. The molecule has 0 amide bonds. The molecule has 1 aromatic carbocycles. The van der Waals surface area contributed by atoms with Crippen LogP contribution in [0.2, 0.25) is 0 Å². The minimum atomic E-state index is -3.54. The summed E-state index contributed by atoms with van der Waals surface area (Å²) in [6, 6.07) is 6.40. The third-order valence-electron chi connectivity index (χ3n) is 2.89. The summed E-state index contributed by atoms with van der Waals surface area (Å²) >= 11 is 0. The van der Waals surface area contributed by atoms with Crippen molar-refractivity contribution in [3.05, 3.63) is 29.8 Å². The fourth-order valence-corrected chi connectivity index (χ4v) is 2.88. The number of aliphatic hydroxyl groups is 1. The molecule has 0 bridgehead atoms. The van der Waals surface area contributed by atoms with Crippen LogP contribution >= 0.6 is 0 Å². The van der Waals surface area contributed by atoms with Crippen LogP contribution in [0.25, 0.3) is 0 Å². The first-order valence-electron chi connectivity index (χ1n) is 6.13. The first-order chi connectivity index (χ1) is 8.40. The Bertz CT molecular complexity index is 462. The van der Waals surface area contributed by atoms with Crippen LogP contribution in [0.3, 0.4) is 0 Å². The number of sulfonamides is 1. The van der Waals surface area contributed by atoms with Gasteiger partial charge in [-0.3, -0.25) is 0 Å². The van der Waals surface area contributed by atoms with E-state index >= 15 is 0 Å². The van der Waals surface area contributed by atoms with E-state index in [0.29, 0.717) is 12.3 Å². The average Bonchev–Trinajstić information content (AvgIpc) is 2.36. The fourth-order valence-electron chi connectivity index (χ4n) is 1.57. The van der Waals surface area contributed by atoms with E-state index in [9.17, 15) is 8.42 Å². The summed E-state index contributed by atoms with van der Waals surface area (Å²) < 4.78 is 26.5. The lowest BCUT2D eigenvalue weighted by Crippen LogP contribution is -2.36. The quantitative estimate of drug-likeness (QED) is 0.830. The second-order valence-electron chi connectivity index (χ2n) is 4.63. The number of hydrogen-bond acceptors (Lipinski definition) is 3. The van der Waals surface area contributed by atoms with Crippen molar-refractivity contribution in [1.29, 1.82) is 0 Å². The van der Waals surface area contributed by atoms with Gasteiger partial charge >= 0.3 is 0 Å². The zero-order valence-electron chi connectivity index (χ0n) is 11.1. The predicted molar refractivity (Wildman–Crippen MR) is 72.0 cm³/mol. The normalized spacial score (nSPS) is 13.8. The largest absolute Gasteiger partial charge is 0.395 e.